The van der Waals surface area contributed by atoms with Gasteiger partial charge in [0.05, 0.1) is 6.10 Å². The highest BCUT2D eigenvalue weighted by molar-refractivity contribution is 5.85. The Kier molecular flexibility index (Phi) is 4.36. The first-order valence-corrected chi connectivity index (χ1v) is 6.45. The highest BCUT2D eigenvalue weighted by Gasteiger charge is 2.68. The monoisotopic (exact) mass is 276 g/mol. The third-order valence-corrected chi connectivity index (χ3v) is 5.13. The molecule has 1 aliphatic heterocycles. The molecule has 3 N–H and O–H groups in total. The first kappa shape index (κ1) is 15.7. The zero-order chi connectivity index (χ0) is 12.8. The number of halogens is 1. The van der Waals surface area contributed by atoms with Crippen LogP contribution in [-0.2, 0) is 4.79 Å². The number of hydrogen-bond acceptors (Lipinski definition) is 3. The molecule has 2 rings (SSSR count). The fourth-order valence-electron chi connectivity index (χ4n) is 3.11. The smallest absolute Gasteiger partial charge is 0.224 e. The maximum atomic E-state index is 12.1. The molecule has 2 unspecified atom stereocenters. The molecule has 18 heavy (non-hydrogen) atoms. The Morgan fingerprint density at radius 1 is 1.28 bits per heavy atom. The number of carbonyl (C=O) groups excluding carboxylic acids is 1. The maximum absolute atomic E-state index is 12.1. The second-order valence-electron chi connectivity index (χ2n) is 6.61. The highest BCUT2D eigenvalue weighted by Crippen LogP contribution is 2.68. The van der Waals surface area contributed by atoms with E-state index in [0.717, 1.165) is 6.54 Å². The number of nitrogens with one attached hydrogen (secondary N) is 2. The van der Waals surface area contributed by atoms with E-state index in [0.29, 0.717) is 13.1 Å². The Hall–Kier alpha value is -0.320. The predicted molar refractivity (Wildman–Crippen MR) is 73.7 cm³/mol. The van der Waals surface area contributed by atoms with Crippen LogP contribution in [0.3, 0.4) is 0 Å². The molecule has 1 aliphatic carbocycles. The quantitative estimate of drug-likeness (QED) is 0.714. The van der Waals surface area contributed by atoms with Crippen LogP contribution in [-0.4, -0.2) is 36.8 Å². The average molecular weight is 277 g/mol. The predicted octanol–water partition coefficient (Wildman–Crippen LogP) is 0.787. The van der Waals surface area contributed by atoms with Gasteiger partial charge in [0.2, 0.25) is 5.91 Å². The molecule has 106 valence electrons. The van der Waals surface area contributed by atoms with Gasteiger partial charge in [-0.05, 0) is 10.8 Å². The molecule has 1 saturated carbocycles. The summed E-state index contributed by atoms with van der Waals surface area (Å²) in [5, 5.41) is 15.8. The highest BCUT2D eigenvalue weighted by atomic mass is 35.5. The van der Waals surface area contributed by atoms with Crippen LogP contribution in [0, 0.1) is 22.7 Å². The second kappa shape index (κ2) is 4.99. The maximum Gasteiger partial charge on any atom is 0.224 e. The molecule has 0 radical (unpaired) electrons. The van der Waals surface area contributed by atoms with Gasteiger partial charge in [0.25, 0.3) is 0 Å². The van der Waals surface area contributed by atoms with Gasteiger partial charge in [0.15, 0.2) is 0 Å². The summed E-state index contributed by atoms with van der Waals surface area (Å²) in [7, 11) is 0. The summed E-state index contributed by atoms with van der Waals surface area (Å²) in [4.78, 5) is 12.1. The van der Waals surface area contributed by atoms with E-state index in [1.807, 2.05) is 0 Å². The first-order valence-electron chi connectivity index (χ1n) is 6.45. The lowest BCUT2D eigenvalue weighted by Gasteiger charge is -2.14. The minimum atomic E-state index is -0.324. The normalized spacial score (nSPS) is 32.7. The fourth-order valence-corrected chi connectivity index (χ4v) is 3.11. The fraction of sp³-hybridized carbons (Fsp3) is 0.923. The van der Waals surface area contributed by atoms with E-state index in [-0.39, 0.29) is 47.1 Å². The van der Waals surface area contributed by atoms with Crippen molar-refractivity contribution in [1.82, 2.24) is 10.6 Å². The number of aliphatic hydroxyl groups is 1. The Labute approximate surface area is 115 Å². The van der Waals surface area contributed by atoms with E-state index in [1.165, 1.54) is 0 Å². The molecule has 0 spiro atoms. The molecule has 0 bridgehead atoms. The lowest BCUT2D eigenvalue weighted by molar-refractivity contribution is -0.123. The summed E-state index contributed by atoms with van der Waals surface area (Å²) in [5.74, 6) is 0.393. The van der Waals surface area contributed by atoms with Crippen LogP contribution in [0.15, 0.2) is 0 Å². The van der Waals surface area contributed by atoms with Crippen molar-refractivity contribution >= 4 is 18.3 Å². The Bertz CT molecular complexity index is 317. The topological polar surface area (TPSA) is 61.4 Å². The molecular formula is C13H25ClN2O2. The summed E-state index contributed by atoms with van der Waals surface area (Å²) < 4.78 is 0. The van der Waals surface area contributed by atoms with Gasteiger partial charge in [-0.15, -0.1) is 12.4 Å². The van der Waals surface area contributed by atoms with E-state index in [2.05, 4.69) is 38.3 Å². The minimum absolute atomic E-state index is 0. The summed E-state index contributed by atoms with van der Waals surface area (Å²) in [5.41, 5.74) is 0.174. The van der Waals surface area contributed by atoms with Crippen LogP contribution in [0.25, 0.3) is 0 Å². The van der Waals surface area contributed by atoms with Crippen molar-refractivity contribution in [3.63, 3.8) is 0 Å². The standard InChI is InChI=1S/C13H24N2O2.ClH/c1-12(2)10(13(12,3)4)11(17)15-6-8-5-14-7-9(8)16;/h8-10,14,16H,5-7H2,1-4H3,(H,15,17);1H. The van der Waals surface area contributed by atoms with Crippen molar-refractivity contribution in [3.05, 3.63) is 0 Å². The largest absolute Gasteiger partial charge is 0.391 e. The van der Waals surface area contributed by atoms with E-state index < -0.39 is 0 Å². The number of aliphatic hydroxyl groups excluding tert-OH is 1. The van der Waals surface area contributed by atoms with Crippen molar-refractivity contribution in [2.75, 3.05) is 19.6 Å². The average Bonchev–Trinajstić information content (AvgIpc) is 2.53. The van der Waals surface area contributed by atoms with Gasteiger partial charge in [-0.2, -0.15) is 0 Å². The van der Waals surface area contributed by atoms with Crippen LogP contribution >= 0.6 is 12.4 Å². The number of carbonyl (C=O) groups is 1. The van der Waals surface area contributed by atoms with Gasteiger partial charge in [-0.25, -0.2) is 0 Å². The van der Waals surface area contributed by atoms with E-state index in [1.54, 1.807) is 0 Å². The molecule has 0 aromatic heterocycles. The Morgan fingerprint density at radius 2 is 1.83 bits per heavy atom. The van der Waals surface area contributed by atoms with E-state index in [4.69, 9.17) is 0 Å². The zero-order valence-corrected chi connectivity index (χ0v) is 12.4. The molecule has 5 heteroatoms. The third kappa shape index (κ3) is 2.38. The first-order chi connectivity index (χ1) is 7.78. The van der Waals surface area contributed by atoms with Gasteiger partial charge < -0.3 is 15.7 Å². The molecule has 0 aromatic rings. The number of amides is 1. The number of rotatable bonds is 3. The lowest BCUT2D eigenvalue weighted by atomic mass is 10.0. The summed E-state index contributed by atoms with van der Waals surface area (Å²) >= 11 is 0. The molecule has 0 aromatic carbocycles. The van der Waals surface area contributed by atoms with Crippen molar-refractivity contribution in [2.45, 2.75) is 33.8 Å². The second-order valence-corrected chi connectivity index (χ2v) is 6.61. The molecule has 2 atom stereocenters. The van der Waals surface area contributed by atoms with Crippen LogP contribution in [0.5, 0.6) is 0 Å². The number of β-amino-alcohol motifs (C(OH)–C–C–N with tert-alkyl or cyclic N) is 1. The summed E-state index contributed by atoms with van der Waals surface area (Å²) in [6.07, 6.45) is -0.324. The SMILES string of the molecule is CC1(C)C(C(=O)NCC2CNCC2O)C1(C)C.Cl. The van der Waals surface area contributed by atoms with E-state index in [9.17, 15) is 9.90 Å². The van der Waals surface area contributed by atoms with Crippen LogP contribution in [0.4, 0.5) is 0 Å². The number of hydrogen-bond donors (Lipinski definition) is 3. The Morgan fingerprint density at radius 3 is 2.22 bits per heavy atom. The van der Waals surface area contributed by atoms with Crippen LogP contribution in [0.2, 0.25) is 0 Å². The van der Waals surface area contributed by atoms with Crippen LogP contribution in [0.1, 0.15) is 27.7 Å². The Balaban J connectivity index is 0.00000162. The van der Waals surface area contributed by atoms with Gasteiger partial charge in [0, 0.05) is 31.5 Å². The summed E-state index contributed by atoms with van der Waals surface area (Å²) in [6, 6.07) is 0. The van der Waals surface area contributed by atoms with Gasteiger partial charge >= 0.3 is 0 Å². The lowest BCUT2D eigenvalue weighted by Crippen LogP contribution is -2.36. The molecule has 4 nitrogen and oxygen atoms in total. The van der Waals surface area contributed by atoms with Crippen LogP contribution < -0.4 is 10.6 Å². The van der Waals surface area contributed by atoms with E-state index >= 15 is 0 Å². The van der Waals surface area contributed by atoms with Crippen molar-refractivity contribution in [2.24, 2.45) is 22.7 Å². The third-order valence-electron chi connectivity index (χ3n) is 5.13. The summed E-state index contributed by atoms with van der Waals surface area (Å²) in [6.45, 7) is 10.6. The van der Waals surface area contributed by atoms with Gasteiger partial charge in [-0.1, -0.05) is 27.7 Å². The van der Waals surface area contributed by atoms with Crippen molar-refractivity contribution in [1.29, 1.82) is 0 Å². The molecule has 2 aliphatic rings. The molecule has 2 fully saturated rings. The minimum Gasteiger partial charge on any atom is -0.391 e. The molecule has 1 amide bonds. The van der Waals surface area contributed by atoms with Crippen molar-refractivity contribution < 1.29 is 9.90 Å². The zero-order valence-electron chi connectivity index (χ0n) is 11.6. The molecular weight excluding hydrogens is 252 g/mol. The van der Waals surface area contributed by atoms with Gasteiger partial charge in [-0.3, -0.25) is 4.79 Å². The molecule has 1 heterocycles. The molecule has 1 saturated heterocycles. The van der Waals surface area contributed by atoms with Crippen molar-refractivity contribution in [3.8, 4) is 0 Å². The van der Waals surface area contributed by atoms with Gasteiger partial charge in [0.1, 0.15) is 0 Å².